The van der Waals surface area contributed by atoms with Crippen LogP contribution in [-0.4, -0.2) is 19.1 Å². The lowest BCUT2D eigenvalue weighted by Gasteiger charge is -2.13. The predicted molar refractivity (Wildman–Crippen MR) is 85.9 cm³/mol. The molecule has 2 N–H and O–H groups in total. The summed E-state index contributed by atoms with van der Waals surface area (Å²) in [7, 11) is 0. The molecule has 0 aliphatic carbocycles. The number of ether oxygens (including phenoxy) is 1. The van der Waals surface area contributed by atoms with Crippen LogP contribution in [0.4, 0.5) is 15.8 Å². The van der Waals surface area contributed by atoms with Gasteiger partial charge in [-0.25, -0.2) is 4.39 Å². The average molecular weight is 302 g/mol. The number of rotatable bonds is 6. The Balaban J connectivity index is 1.97. The van der Waals surface area contributed by atoms with E-state index in [2.05, 4.69) is 10.6 Å². The van der Waals surface area contributed by atoms with E-state index < -0.39 is 0 Å². The summed E-state index contributed by atoms with van der Waals surface area (Å²) in [5.74, 6) is 0.0651. The molecule has 0 aliphatic rings. The summed E-state index contributed by atoms with van der Waals surface area (Å²) in [6.45, 7) is 4.33. The molecule has 0 unspecified atom stereocenters. The third-order valence-electron chi connectivity index (χ3n) is 3.10. The van der Waals surface area contributed by atoms with Crippen LogP contribution in [0.2, 0.25) is 0 Å². The van der Waals surface area contributed by atoms with E-state index in [9.17, 15) is 9.18 Å². The zero-order chi connectivity index (χ0) is 15.9. The third-order valence-corrected chi connectivity index (χ3v) is 3.10. The van der Waals surface area contributed by atoms with E-state index >= 15 is 0 Å². The topological polar surface area (TPSA) is 50.4 Å². The first kappa shape index (κ1) is 15.8. The van der Waals surface area contributed by atoms with Gasteiger partial charge in [0.1, 0.15) is 11.6 Å². The van der Waals surface area contributed by atoms with Gasteiger partial charge >= 0.3 is 0 Å². The summed E-state index contributed by atoms with van der Waals surface area (Å²) in [5, 5.41) is 5.71. The van der Waals surface area contributed by atoms with E-state index in [4.69, 9.17) is 4.74 Å². The molecule has 5 heteroatoms. The molecule has 0 saturated heterocycles. The number of hydrogen-bond donors (Lipinski definition) is 2. The molecular weight excluding hydrogens is 283 g/mol. The average Bonchev–Trinajstić information content (AvgIpc) is 2.50. The summed E-state index contributed by atoms with van der Waals surface area (Å²) < 4.78 is 18.7. The molecule has 0 bridgehead atoms. The Hall–Kier alpha value is -2.56. The van der Waals surface area contributed by atoms with Crippen LogP contribution in [0, 0.1) is 12.7 Å². The summed E-state index contributed by atoms with van der Waals surface area (Å²) in [4.78, 5) is 12.0. The summed E-state index contributed by atoms with van der Waals surface area (Å²) >= 11 is 0. The molecule has 2 aromatic rings. The first-order valence-corrected chi connectivity index (χ1v) is 7.12. The Morgan fingerprint density at radius 3 is 2.73 bits per heavy atom. The molecule has 116 valence electrons. The van der Waals surface area contributed by atoms with Crippen LogP contribution in [0.5, 0.6) is 5.75 Å². The molecule has 22 heavy (non-hydrogen) atoms. The van der Waals surface area contributed by atoms with Crippen molar-refractivity contribution in [2.45, 2.75) is 13.8 Å². The third kappa shape index (κ3) is 4.22. The Kier molecular flexibility index (Phi) is 5.36. The highest BCUT2D eigenvalue weighted by atomic mass is 19.1. The SMILES string of the molecule is CCOc1ccccc1NCC(=O)Nc1cc(F)ccc1C. The summed E-state index contributed by atoms with van der Waals surface area (Å²) in [6, 6.07) is 11.7. The van der Waals surface area contributed by atoms with E-state index in [1.165, 1.54) is 12.1 Å². The number of carbonyl (C=O) groups is 1. The van der Waals surface area contributed by atoms with Gasteiger partial charge in [-0.15, -0.1) is 0 Å². The van der Waals surface area contributed by atoms with Crippen molar-refractivity contribution in [3.8, 4) is 5.75 Å². The largest absolute Gasteiger partial charge is 0.492 e. The van der Waals surface area contributed by atoms with Crippen molar-refractivity contribution in [2.24, 2.45) is 0 Å². The lowest BCUT2D eigenvalue weighted by atomic mass is 10.2. The molecule has 2 aromatic carbocycles. The minimum absolute atomic E-state index is 0.0695. The number of carbonyl (C=O) groups excluding carboxylic acids is 1. The molecule has 0 radical (unpaired) electrons. The molecule has 0 aliphatic heterocycles. The van der Waals surface area contributed by atoms with Crippen LogP contribution < -0.4 is 15.4 Å². The highest BCUT2D eigenvalue weighted by Crippen LogP contribution is 2.23. The fraction of sp³-hybridized carbons (Fsp3) is 0.235. The number of anilines is 2. The van der Waals surface area contributed by atoms with E-state index in [1.807, 2.05) is 38.1 Å². The predicted octanol–water partition coefficient (Wildman–Crippen LogP) is 3.58. The molecule has 0 spiro atoms. The van der Waals surface area contributed by atoms with Crippen LogP contribution in [0.3, 0.4) is 0 Å². The zero-order valence-electron chi connectivity index (χ0n) is 12.7. The van der Waals surface area contributed by atoms with Crippen LogP contribution in [0.15, 0.2) is 42.5 Å². The van der Waals surface area contributed by atoms with Crippen LogP contribution in [-0.2, 0) is 4.79 Å². The molecule has 2 rings (SSSR count). The van der Waals surface area contributed by atoms with Crippen LogP contribution in [0.25, 0.3) is 0 Å². The summed E-state index contributed by atoms with van der Waals surface area (Å²) in [6.07, 6.45) is 0. The number of nitrogens with one attached hydrogen (secondary N) is 2. The van der Waals surface area contributed by atoms with Crippen molar-refractivity contribution in [1.82, 2.24) is 0 Å². The highest BCUT2D eigenvalue weighted by Gasteiger charge is 2.08. The number of halogens is 1. The minimum Gasteiger partial charge on any atom is -0.492 e. The van der Waals surface area contributed by atoms with Crippen molar-refractivity contribution >= 4 is 17.3 Å². The Labute approximate surface area is 129 Å². The maximum Gasteiger partial charge on any atom is 0.243 e. The fourth-order valence-corrected chi connectivity index (χ4v) is 1.99. The van der Waals surface area contributed by atoms with Crippen molar-refractivity contribution in [2.75, 3.05) is 23.8 Å². The lowest BCUT2D eigenvalue weighted by Crippen LogP contribution is -2.22. The van der Waals surface area contributed by atoms with E-state index in [-0.39, 0.29) is 18.3 Å². The van der Waals surface area contributed by atoms with Gasteiger partial charge in [-0.05, 0) is 43.7 Å². The van der Waals surface area contributed by atoms with Crippen LogP contribution >= 0.6 is 0 Å². The van der Waals surface area contributed by atoms with E-state index in [1.54, 1.807) is 6.07 Å². The van der Waals surface area contributed by atoms with Crippen molar-refractivity contribution < 1.29 is 13.9 Å². The molecule has 0 fully saturated rings. The Bertz CT molecular complexity index is 659. The second-order valence-corrected chi connectivity index (χ2v) is 4.79. The molecule has 1 amide bonds. The molecule has 0 heterocycles. The maximum atomic E-state index is 13.2. The van der Waals surface area contributed by atoms with Crippen molar-refractivity contribution in [3.63, 3.8) is 0 Å². The number of amides is 1. The quantitative estimate of drug-likeness (QED) is 0.857. The highest BCUT2D eigenvalue weighted by molar-refractivity contribution is 5.94. The normalized spacial score (nSPS) is 10.1. The van der Waals surface area contributed by atoms with Gasteiger partial charge in [-0.1, -0.05) is 18.2 Å². The second kappa shape index (κ2) is 7.45. The second-order valence-electron chi connectivity index (χ2n) is 4.79. The zero-order valence-corrected chi connectivity index (χ0v) is 12.7. The Morgan fingerprint density at radius 2 is 1.95 bits per heavy atom. The Morgan fingerprint density at radius 1 is 1.18 bits per heavy atom. The fourth-order valence-electron chi connectivity index (χ4n) is 1.99. The van der Waals surface area contributed by atoms with E-state index in [0.717, 1.165) is 11.3 Å². The van der Waals surface area contributed by atoms with Crippen molar-refractivity contribution in [1.29, 1.82) is 0 Å². The van der Waals surface area contributed by atoms with Gasteiger partial charge in [0.05, 0.1) is 18.8 Å². The molecule has 0 atom stereocenters. The molecule has 4 nitrogen and oxygen atoms in total. The first-order valence-electron chi connectivity index (χ1n) is 7.12. The van der Waals surface area contributed by atoms with Gasteiger partial charge in [-0.3, -0.25) is 4.79 Å². The molecule has 0 saturated carbocycles. The van der Waals surface area contributed by atoms with Gasteiger partial charge in [0.25, 0.3) is 0 Å². The first-order chi connectivity index (χ1) is 10.6. The van der Waals surface area contributed by atoms with Gasteiger partial charge in [-0.2, -0.15) is 0 Å². The smallest absolute Gasteiger partial charge is 0.243 e. The molecular formula is C17H19FN2O2. The van der Waals surface area contributed by atoms with E-state index in [0.29, 0.717) is 18.0 Å². The van der Waals surface area contributed by atoms with Gasteiger partial charge in [0.15, 0.2) is 0 Å². The number of benzene rings is 2. The minimum atomic E-state index is -0.379. The van der Waals surface area contributed by atoms with Gasteiger partial charge < -0.3 is 15.4 Å². The number of hydrogen-bond acceptors (Lipinski definition) is 3. The summed E-state index contributed by atoms with van der Waals surface area (Å²) in [5.41, 5.74) is 2.03. The van der Waals surface area contributed by atoms with Gasteiger partial charge in [0, 0.05) is 5.69 Å². The lowest BCUT2D eigenvalue weighted by molar-refractivity contribution is -0.114. The van der Waals surface area contributed by atoms with Crippen LogP contribution in [0.1, 0.15) is 12.5 Å². The maximum absolute atomic E-state index is 13.2. The number of aryl methyl sites for hydroxylation is 1. The standard InChI is InChI=1S/C17H19FN2O2/c1-3-22-16-7-5-4-6-14(16)19-11-17(21)20-15-10-13(18)9-8-12(15)2/h4-10,19H,3,11H2,1-2H3,(H,20,21). The van der Waals surface area contributed by atoms with Gasteiger partial charge in [0.2, 0.25) is 5.91 Å². The number of para-hydroxylation sites is 2. The molecule has 0 aromatic heterocycles. The monoisotopic (exact) mass is 302 g/mol. The van der Waals surface area contributed by atoms with Crippen molar-refractivity contribution in [3.05, 3.63) is 53.8 Å².